The van der Waals surface area contributed by atoms with Crippen LogP contribution in [0, 0.1) is 0 Å². The third-order valence-electron chi connectivity index (χ3n) is 11.2. The van der Waals surface area contributed by atoms with Gasteiger partial charge in [0, 0.05) is 18.8 Å². The monoisotopic (exact) mass is 987 g/mol. The van der Waals surface area contributed by atoms with Crippen molar-refractivity contribution >= 4 is 59.6 Å². The summed E-state index contributed by atoms with van der Waals surface area (Å²) in [4.78, 5) is 84.9. The average molecular weight is 987 g/mol. The summed E-state index contributed by atoms with van der Waals surface area (Å²) >= 11 is 0. The second-order valence-corrected chi connectivity index (χ2v) is 22.8. The number of rotatable bonds is 23. The number of hydrogen-bond donors (Lipinski definition) is 5. The molecule has 1 aliphatic rings. The summed E-state index contributed by atoms with van der Waals surface area (Å²) in [6, 6.07) is 16.6. The lowest BCUT2D eigenvalue weighted by atomic mass is 9.80. The maximum atomic E-state index is 14.9. The molecule has 70 heavy (non-hydrogen) atoms. The minimum atomic E-state index is -3.67. The summed E-state index contributed by atoms with van der Waals surface area (Å²) in [6.45, 7) is 23.8. The Morgan fingerprint density at radius 3 is 1.93 bits per heavy atom. The molecule has 0 spiro atoms. The van der Waals surface area contributed by atoms with E-state index in [9.17, 15) is 33.3 Å². The number of anilines is 1. The van der Waals surface area contributed by atoms with Crippen LogP contribution in [0.3, 0.4) is 0 Å². The summed E-state index contributed by atoms with van der Waals surface area (Å²) in [7, 11) is -3.67. The van der Waals surface area contributed by atoms with Crippen molar-refractivity contribution in [3.63, 3.8) is 0 Å². The highest BCUT2D eigenvalue weighted by atomic mass is 31.2. The van der Waals surface area contributed by atoms with Crippen LogP contribution >= 0.6 is 7.60 Å². The van der Waals surface area contributed by atoms with Gasteiger partial charge in [0.25, 0.3) is 0 Å². The van der Waals surface area contributed by atoms with Crippen LogP contribution in [0.15, 0.2) is 92.0 Å². The highest BCUT2D eigenvalue weighted by molar-refractivity contribution is 7.53. The Morgan fingerprint density at radius 1 is 0.743 bits per heavy atom. The van der Waals surface area contributed by atoms with E-state index in [1.165, 1.54) is 6.08 Å². The number of hydrogen-bond acceptors (Lipinski definition) is 11. The number of nitrogens with two attached hydrogens (primary N) is 1. The molecule has 0 heterocycles. The number of primary amides is 1. The number of carbonyl (C=O) groups excluding carboxylic acids is 6. The van der Waals surface area contributed by atoms with Crippen molar-refractivity contribution in [3.8, 4) is 0 Å². The van der Waals surface area contributed by atoms with E-state index in [-0.39, 0.29) is 38.5 Å². The first-order chi connectivity index (χ1) is 32.6. The predicted octanol–water partition coefficient (Wildman–Crippen LogP) is 7.81. The van der Waals surface area contributed by atoms with Crippen molar-refractivity contribution < 1.29 is 47.1 Å². The highest BCUT2D eigenvalue weighted by Gasteiger charge is 2.45. The summed E-state index contributed by atoms with van der Waals surface area (Å²) in [5.74, 6) is -4.34. The van der Waals surface area contributed by atoms with E-state index < -0.39 is 96.4 Å². The average Bonchev–Trinajstić information content (AvgIpc) is 3.24. The van der Waals surface area contributed by atoms with Crippen LogP contribution in [-0.2, 0) is 59.8 Å². The van der Waals surface area contributed by atoms with Crippen LogP contribution in [0.2, 0.25) is 0 Å². The Labute approximate surface area is 413 Å². The quantitative estimate of drug-likeness (QED) is 0.0350. The van der Waals surface area contributed by atoms with Crippen LogP contribution < -0.4 is 31.9 Å². The zero-order chi connectivity index (χ0) is 52.1. The van der Waals surface area contributed by atoms with Gasteiger partial charge in [-0.15, -0.1) is 13.2 Å². The minimum absolute atomic E-state index is 0.0331. The fourth-order valence-corrected chi connectivity index (χ4v) is 10.9. The molecule has 0 saturated heterocycles. The molecule has 0 aliphatic heterocycles. The van der Waals surface area contributed by atoms with Crippen LogP contribution in [0.25, 0.3) is 10.8 Å². The number of esters is 1. The van der Waals surface area contributed by atoms with Crippen molar-refractivity contribution in [1.82, 2.24) is 21.3 Å². The van der Waals surface area contributed by atoms with Gasteiger partial charge in [0.15, 0.2) is 0 Å². The van der Waals surface area contributed by atoms with Gasteiger partial charge in [-0.25, -0.2) is 0 Å². The van der Waals surface area contributed by atoms with Gasteiger partial charge in [-0.2, -0.15) is 0 Å². The Bertz CT molecular complexity index is 2370. The van der Waals surface area contributed by atoms with E-state index >= 15 is 0 Å². The summed E-state index contributed by atoms with van der Waals surface area (Å²) < 4.78 is 31.9. The molecule has 5 amide bonds. The first kappa shape index (κ1) is 56.8. The number of fused-ring (bicyclic) bond motifs is 1. The molecule has 0 aromatic heterocycles. The van der Waals surface area contributed by atoms with Crippen molar-refractivity contribution in [3.05, 3.63) is 103 Å². The van der Waals surface area contributed by atoms with Crippen molar-refractivity contribution in [1.29, 1.82) is 0 Å². The second-order valence-electron chi connectivity index (χ2n) is 20.9. The number of carbonyl (C=O) groups is 6. The van der Waals surface area contributed by atoms with Gasteiger partial charge in [0.2, 0.25) is 29.5 Å². The Balaban J connectivity index is 1.63. The van der Waals surface area contributed by atoms with E-state index in [4.69, 9.17) is 19.5 Å². The first-order valence-electron chi connectivity index (χ1n) is 23.9. The molecular weight excluding hydrogens is 912 g/mol. The normalized spacial score (nSPS) is 15.3. The lowest BCUT2D eigenvalue weighted by Crippen LogP contribution is -2.65. The number of nitrogens with one attached hydrogen (secondary N) is 4. The molecule has 17 heteroatoms. The van der Waals surface area contributed by atoms with Gasteiger partial charge in [-0.05, 0) is 116 Å². The van der Waals surface area contributed by atoms with Crippen molar-refractivity contribution in [2.45, 2.75) is 167 Å². The summed E-state index contributed by atoms with van der Waals surface area (Å²) in [5.41, 5.74) is 3.63. The molecule has 4 rings (SSSR count). The fourth-order valence-electron chi connectivity index (χ4n) is 8.38. The van der Waals surface area contributed by atoms with Crippen molar-refractivity contribution in [2.24, 2.45) is 5.73 Å². The molecule has 1 saturated carbocycles. The van der Waals surface area contributed by atoms with E-state index in [0.717, 1.165) is 22.8 Å². The van der Waals surface area contributed by atoms with Gasteiger partial charge >= 0.3 is 13.6 Å². The zero-order valence-corrected chi connectivity index (χ0v) is 43.4. The topological polar surface area (TPSA) is 225 Å². The van der Waals surface area contributed by atoms with Crippen LogP contribution in [0.4, 0.5) is 5.69 Å². The lowest BCUT2D eigenvalue weighted by Gasteiger charge is -2.40. The minimum Gasteiger partial charge on any atom is -0.460 e. The Kier molecular flexibility index (Phi) is 19.7. The van der Waals surface area contributed by atoms with Crippen LogP contribution in [-0.4, -0.2) is 82.5 Å². The molecule has 1 fully saturated rings. The molecule has 6 N–H and O–H groups in total. The van der Waals surface area contributed by atoms with Crippen molar-refractivity contribution in [2.75, 3.05) is 11.4 Å². The van der Waals surface area contributed by atoms with E-state index in [1.807, 2.05) is 42.5 Å². The molecule has 16 nitrogen and oxygen atoms in total. The highest BCUT2D eigenvalue weighted by Crippen LogP contribution is 2.57. The van der Waals surface area contributed by atoms with E-state index in [1.54, 1.807) is 97.6 Å². The number of ether oxygens (including phenoxy) is 1. The summed E-state index contributed by atoms with van der Waals surface area (Å²) in [5, 5.41) is 13.2. The van der Waals surface area contributed by atoms with Gasteiger partial charge in [0.05, 0.1) is 30.2 Å². The smallest absolute Gasteiger partial charge is 0.336 e. The third kappa shape index (κ3) is 17.5. The second kappa shape index (κ2) is 24.3. The van der Waals surface area contributed by atoms with E-state index in [2.05, 4.69) is 34.4 Å². The van der Waals surface area contributed by atoms with E-state index in [0.29, 0.717) is 24.1 Å². The van der Waals surface area contributed by atoms with Gasteiger partial charge in [-0.3, -0.25) is 33.3 Å². The summed E-state index contributed by atoms with van der Waals surface area (Å²) in [6.07, 6.45) is 4.19. The molecule has 382 valence electrons. The number of nitrogens with zero attached hydrogens (tertiary/aromatic N) is 1. The maximum absolute atomic E-state index is 14.9. The molecule has 3 atom stereocenters. The maximum Gasteiger partial charge on any atom is 0.336 e. The first-order valence-corrected chi connectivity index (χ1v) is 25.6. The predicted molar refractivity (Wildman–Crippen MR) is 273 cm³/mol. The molecule has 0 radical (unpaired) electrons. The third-order valence-corrected chi connectivity index (χ3v) is 13.6. The molecule has 3 aromatic rings. The number of benzene rings is 3. The molecule has 0 unspecified atom stereocenters. The van der Waals surface area contributed by atoms with Crippen LogP contribution in [0.1, 0.15) is 125 Å². The Morgan fingerprint density at radius 2 is 1.36 bits per heavy atom. The largest absolute Gasteiger partial charge is 0.460 e. The SMILES string of the molecule is C=CC[C@H](NC(=O)[C@H](CC(N)=O)NC(=O)C1(NC(=O)[C@@H](CC(=O)OC(C)(C)C)N(CC=C)c2ccc(CP(=O)(OC(C)(C)C)OC(C)(C)C)cc2)CCCCC1)C(=O)NCc1cccc2ccccc12. The van der Waals surface area contributed by atoms with Crippen LogP contribution in [0.5, 0.6) is 0 Å². The van der Waals surface area contributed by atoms with Gasteiger partial charge < -0.3 is 45.7 Å². The van der Waals surface area contributed by atoms with Gasteiger partial charge in [-0.1, -0.05) is 86.0 Å². The van der Waals surface area contributed by atoms with Gasteiger partial charge in [0.1, 0.15) is 29.3 Å². The fraction of sp³-hybridized carbons (Fsp3) is 0.509. The number of amides is 5. The molecule has 0 bridgehead atoms. The molecule has 3 aromatic carbocycles. The standard InChI is InChI=1S/C53H75N6O10P/c1-12-20-41(46(62)55-34-38-23-19-22-37-21-15-16-24-40(37)38)56-47(63)42(32-44(54)60)57-49(65)53(29-17-14-18-30-53)58-48(64)43(33-45(61)67-50(3,4)5)59(31-13-2)39-27-25-36(26-28-39)35-70(66,68-51(6,7)8)69-52(9,10)11/h12-13,15-16,19,21-28,41-43H,1-2,14,17-18,20,29-35H2,3-11H3,(H2,54,60)(H,55,62)(H,56,63)(H,57,65)(H,58,64)/t41-,42-,43+/m0/s1. The molecule has 1 aliphatic carbocycles. The molecular formula is C53H75N6O10P. The Hall–Kier alpha value is -5.83. The zero-order valence-electron chi connectivity index (χ0n) is 42.5. The lowest BCUT2D eigenvalue weighted by molar-refractivity contribution is -0.156.